The monoisotopic (exact) mass is 360 g/mol. The summed E-state index contributed by atoms with van der Waals surface area (Å²) >= 11 is 5.38. The molecule has 0 aromatic heterocycles. The molecular formula is C22H20N2OS. The van der Waals surface area contributed by atoms with E-state index in [-0.39, 0.29) is 5.91 Å². The van der Waals surface area contributed by atoms with Crippen molar-refractivity contribution in [1.29, 1.82) is 0 Å². The highest BCUT2D eigenvalue weighted by Gasteiger charge is 2.16. The van der Waals surface area contributed by atoms with Gasteiger partial charge in [0.15, 0.2) is 5.11 Å². The lowest BCUT2D eigenvalue weighted by Crippen LogP contribution is -2.34. The highest BCUT2D eigenvalue weighted by atomic mass is 32.1. The number of rotatable bonds is 2. The summed E-state index contributed by atoms with van der Waals surface area (Å²) in [6, 6.07) is 16.3. The van der Waals surface area contributed by atoms with Crippen molar-refractivity contribution in [2.75, 3.05) is 5.32 Å². The molecule has 3 aromatic rings. The Kier molecular flexibility index (Phi) is 4.21. The van der Waals surface area contributed by atoms with Crippen LogP contribution in [-0.2, 0) is 12.8 Å². The molecule has 1 amide bonds. The van der Waals surface area contributed by atoms with Gasteiger partial charge >= 0.3 is 0 Å². The number of aryl methyl sites for hydroxylation is 4. The quantitative estimate of drug-likeness (QED) is 0.652. The van der Waals surface area contributed by atoms with Crippen molar-refractivity contribution in [3.8, 4) is 0 Å². The van der Waals surface area contributed by atoms with Crippen LogP contribution in [0.25, 0.3) is 10.8 Å². The zero-order valence-corrected chi connectivity index (χ0v) is 15.7. The van der Waals surface area contributed by atoms with E-state index < -0.39 is 0 Å². The number of benzene rings is 3. The minimum atomic E-state index is -0.194. The predicted molar refractivity (Wildman–Crippen MR) is 111 cm³/mol. The van der Waals surface area contributed by atoms with Crippen LogP contribution in [0, 0.1) is 13.8 Å². The zero-order chi connectivity index (χ0) is 18.3. The van der Waals surface area contributed by atoms with Crippen LogP contribution >= 0.6 is 12.2 Å². The van der Waals surface area contributed by atoms with Crippen molar-refractivity contribution in [2.24, 2.45) is 0 Å². The lowest BCUT2D eigenvalue weighted by molar-refractivity contribution is 0.0977. The maximum atomic E-state index is 12.5. The number of amides is 1. The van der Waals surface area contributed by atoms with Gasteiger partial charge in [0.05, 0.1) is 0 Å². The molecule has 4 rings (SSSR count). The Bertz CT molecular complexity index is 1020. The number of hydrogen-bond donors (Lipinski definition) is 2. The van der Waals surface area contributed by atoms with Crippen LogP contribution in [0.4, 0.5) is 5.69 Å². The molecule has 0 radical (unpaired) electrons. The van der Waals surface area contributed by atoms with E-state index in [9.17, 15) is 4.79 Å². The Morgan fingerprint density at radius 2 is 1.65 bits per heavy atom. The lowest BCUT2D eigenvalue weighted by atomic mass is 10.0. The Labute approximate surface area is 158 Å². The summed E-state index contributed by atoms with van der Waals surface area (Å²) in [4.78, 5) is 12.5. The molecule has 0 saturated carbocycles. The molecule has 26 heavy (non-hydrogen) atoms. The van der Waals surface area contributed by atoms with Gasteiger partial charge in [0.1, 0.15) is 0 Å². The van der Waals surface area contributed by atoms with Crippen LogP contribution in [0.3, 0.4) is 0 Å². The van der Waals surface area contributed by atoms with Crippen molar-refractivity contribution in [1.82, 2.24) is 5.32 Å². The van der Waals surface area contributed by atoms with E-state index in [1.54, 1.807) is 0 Å². The second-order valence-electron chi connectivity index (χ2n) is 6.90. The molecule has 0 saturated heterocycles. The van der Waals surface area contributed by atoms with Gasteiger partial charge in [0, 0.05) is 16.6 Å². The topological polar surface area (TPSA) is 41.1 Å². The van der Waals surface area contributed by atoms with Crippen molar-refractivity contribution in [3.05, 3.63) is 76.3 Å². The normalized spacial score (nSPS) is 12.2. The van der Waals surface area contributed by atoms with Gasteiger partial charge in [-0.25, -0.2) is 0 Å². The van der Waals surface area contributed by atoms with E-state index in [4.69, 9.17) is 12.2 Å². The highest BCUT2D eigenvalue weighted by molar-refractivity contribution is 7.80. The van der Waals surface area contributed by atoms with Gasteiger partial charge in [-0.2, -0.15) is 0 Å². The van der Waals surface area contributed by atoms with E-state index in [2.05, 4.69) is 34.9 Å². The van der Waals surface area contributed by atoms with Gasteiger partial charge in [-0.1, -0.05) is 41.5 Å². The van der Waals surface area contributed by atoms with Gasteiger partial charge in [-0.15, -0.1) is 0 Å². The fourth-order valence-electron chi connectivity index (χ4n) is 3.79. The average Bonchev–Trinajstić information content (AvgIpc) is 3.01. The molecule has 3 nitrogen and oxygen atoms in total. The minimum Gasteiger partial charge on any atom is -0.332 e. The number of nitrogens with one attached hydrogen (secondary N) is 2. The van der Waals surface area contributed by atoms with Crippen molar-refractivity contribution < 1.29 is 4.79 Å². The largest absolute Gasteiger partial charge is 0.332 e. The van der Waals surface area contributed by atoms with Crippen LogP contribution in [-0.4, -0.2) is 11.0 Å². The van der Waals surface area contributed by atoms with Gasteiger partial charge in [0.25, 0.3) is 5.91 Å². The van der Waals surface area contributed by atoms with E-state index in [1.165, 1.54) is 16.5 Å². The molecule has 0 bridgehead atoms. The molecule has 1 aliphatic carbocycles. The smallest absolute Gasteiger partial charge is 0.257 e. The molecule has 130 valence electrons. The summed E-state index contributed by atoms with van der Waals surface area (Å²) < 4.78 is 0. The molecule has 0 heterocycles. The second kappa shape index (κ2) is 6.54. The van der Waals surface area contributed by atoms with Crippen LogP contribution in [0.15, 0.2) is 48.5 Å². The number of hydrogen-bond acceptors (Lipinski definition) is 2. The maximum Gasteiger partial charge on any atom is 0.257 e. The SMILES string of the molecule is Cc1cc(C)cc(C(=O)NC(=S)Nc2ccc3c4c(cccc24)CC3)c1. The first-order valence-corrected chi connectivity index (χ1v) is 9.16. The third-order valence-corrected chi connectivity index (χ3v) is 5.04. The van der Waals surface area contributed by atoms with E-state index in [0.717, 1.165) is 35.0 Å². The first kappa shape index (κ1) is 16.7. The minimum absolute atomic E-state index is 0.194. The van der Waals surface area contributed by atoms with Crippen LogP contribution in [0.1, 0.15) is 32.6 Å². The fourth-order valence-corrected chi connectivity index (χ4v) is 3.99. The molecule has 0 spiro atoms. The standard InChI is InChI=1S/C22H20N2OS/c1-13-10-14(2)12-17(11-13)21(25)24-22(26)23-19-9-8-16-7-6-15-4-3-5-18(19)20(15)16/h3-5,8-12H,6-7H2,1-2H3,(H2,23,24,25,26). The van der Waals surface area contributed by atoms with Gasteiger partial charge < -0.3 is 5.32 Å². The summed E-state index contributed by atoms with van der Waals surface area (Å²) in [7, 11) is 0. The Hall–Kier alpha value is -2.72. The van der Waals surface area contributed by atoms with Crippen LogP contribution in [0.5, 0.6) is 0 Å². The van der Waals surface area contributed by atoms with Crippen molar-refractivity contribution in [3.63, 3.8) is 0 Å². The van der Waals surface area contributed by atoms with Crippen LogP contribution < -0.4 is 10.6 Å². The molecule has 4 heteroatoms. The van der Waals surface area contributed by atoms with Gasteiger partial charge in [-0.3, -0.25) is 10.1 Å². The Morgan fingerprint density at radius 3 is 2.38 bits per heavy atom. The molecule has 0 unspecified atom stereocenters. The highest BCUT2D eigenvalue weighted by Crippen LogP contribution is 2.34. The molecule has 1 aliphatic rings. The molecule has 0 atom stereocenters. The maximum absolute atomic E-state index is 12.5. The fraction of sp³-hybridized carbons (Fsp3) is 0.182. The van der Waals surface area contributed by atoms with Crippen molar-refractivity contribution in [2.45, 2.75) is 26.7 Å². The van der Waals surface area contributed by atoms with Crippen molar-refractivity contribution >= 4 is 39.7 Å². The third kappa shape index (κ3) is 3.08. The zero-order valence-electron chi connectivity index (χ0n) is 14.8. The van der Waals surface area contributed by atoms with E-state index >= 15 is 0 Å². The molecular weight excluding hydrogens is 340 g/mol. The van der Waals surface area contributed by atoms with E-state index in [0.29, 0.717) is 10.7 Å². The number of carbonyl (C=O) groups is 1. The van der Waals surface area contributed by atoms with Crippen LogP contribution in [0.2, 0.25) is 0 Å². The second-order valence-corrected chi connectivity index (χ2v) is 7.30. The Balaban J connectivity index is 1.56. The van der Waals surface area contributed by atoms with Gasteiger partial charge in [0.2, 0.25) is 0 Å². The average molecular weight is 360 g/mol. The van der Waals surface area contributed by atoms with Gasteiger partial charge in [-0.05, 0) is 73.6 Å². The summed E-state index contributed by atoms with van der Waals surface area (Å²) in [5.41, 5.74) is 6.42. The number of carbonyl (C=O) groups excluding carboxylic acids is 1. The first-order valence-electron chi connectivity index (χ1n) is 8.75. The number of thiocarbonyl (C=S) groups is 1. The summed E-state index contributed by atoms with van der Waals surface area (Å²) in [5.74, 6) is -0.194. The summed E-state index contributed by atoms with van der Waals surface area (Å²) in [5, 5.41) is 8.77. The lowest BCUT2D eigenvalue weighted by Gasteiger charge is -2.13. The third-order valence-electron chi connectivity index (χ3n) is 4.84. The van der Waals surface area contributed by atoms with E-state index in [1.807, 2.05) is 38.1 Å². The molecule has 3 aromatic carbocycles. The summed E-state index contributed by atoms with van der Waals surface area (Å²) in [6.07, 6.45) is 2.17. The molecule has 0 fully saturated rings. The molecule has 0 aliphatic heterocycles. The molecule has 2 N–H and O–H groups in total. The summed E-state index contributed by atoms with van der Waals surface area (Å²) in [6.45, 7) is 3.96. The Morgan fingerprint density at radius 1 is 0.962 bits per heavy atom. The number of anilines is 1. The first-order chi connectivity index (χ1) is 12.5. The predicted octanol–water partition coefficient (Wildman–Crippen LogP) is 4.68.